The number of carbonyl (C=O) groups is 1. The van der Waals surface area contributed by atoms with E-state index >= 15 is 0 Å². The predicted octanol–water partition coefficient (Wildman–Crippen LogP) is 3.47. The van der Waals surface area contributed by atoms with Crippen LogP contribution in [0.2, 0.25) is 0 Å². The molecule has 0 bridgehead atoms. The van der Waals surface area contributed by atoms with E-state index in [1.54, 1.807) is 24.3 Å². The van der Waals surface area contributed by atoms with Crippen molar-refractivity contribution < 1.29 is 9.18 Å². The van der Waals surface area contributed by atoms with Gasteiger partial charge in [0.05, 0.1) is 0 Å². The molecular formula is C22H21FN4O. The van der Waals surface area contributed by atoms with Gasteiger partial charge in [-0.15, -0.1) is 10.2 Å². The third-order valence-corrected chi connectivity index (χ3v) is 4.93. The molecule has 1 N–H and O–H groups in total. The van der Waals surface area contributed by atoms with E-state index < -0.39 is 0 Å². The topological polar surface area (TPSA) is 58.1 Å². The highest BCUT2D eigenvalue weighted by Crippen LogP contribution is 2.20. The van der Waals surface area contributed by atoms with E-state index in [9.17, 15) is 9.18 Å². The van der Waals surface area contributed by atoms with Gasteiger partial charge in [-0.3, -0.25) is 4.79 Å². The van der Waals surface area contributed by atoms with Crippen LogP contribution in [0.15, 0.2) is 60.7 Å². The van der Waals surface area contributed by atoms with Gasteiger partial charge in [-0.05, 0) is 53.8 Å². The van der Waals surface area contributed by atoms with Crippen LogP contribution in [0.3, 0.4) is 0 Å². The second kappa shape index (κ2) is 8.17. The third kappa shape index (κ3) is 4.17. The van der Waals surface area contributed by atoms with Gasteiger partial charge in [0, 0.05) is 19.6 Å². The molecule has 2 aromatic carbocycles. The maximum absolute atomic E-state index is 12.9. The average Bonchev–Trinajstić information content (AvgIpc) is 2.75. The van der Waals surface area contributed by atoms with Gasteiger partial charge in [0.15, 0.2) is 5.69 Å². The lowest BCUT2D eigenvalue weighted by atomic mass is 10.00. The van der Waals surface area contributed by atoms with Crippen LogP contribution in [0.4, 0.5) is 10.2 Å². The number of fused-ring (bicyclic) bond motifs is 1. The Labute approximate surface area is 163 Å². The zero-order valence-corrected chi connectivity index (χ0v) is 15.4. The maximum atomic E-state index is 12.9. The first-order valence-electron chi connectivity index (χ1n) is 9.37. The Bertz CT molecular complexity index is 957. The molecule has 2 heterocycles. The number of nitrogens with one attached hydrogen (secondary N) is 1. The van der Waals surface area contributed by atoms with E-state index in [4.69, 9.17) is 0 Å². The first kappa shape index (κ1) is 18.1. The molecule has 1 amide bonds. The SMILES string of the molecule is O=C(c1ccc(NCCc2ccc(F)cc2)nn1)N1CCc2ccccc2C1. The Morgan fingerprint density at radius 1 is 1.00 bits per heavy atom. The number of hydrogen-bond donors (Lipinski definition) is 1. The van der Waals surface area contributed by atoms with Crippen LogP contribution < -0.4 is 5.32 Å². The highest BCUT2D eigenvalue weighted by Gasteiger charge is 2.22. The van der Waals surface area contributed by atoms with Gasteiger partial charge in [-0.2, -0.15) is 0 Å². The molecule has 0 radical (unpaired) electrons. The zero-order chi connectivity index (χ0) is 19.3. The number of amides is 1. The van der Waals surface area contributed by atoms with Crippen LogP contribution in [0.25, 0.3) is 0 Å². The smallest absolute Gasteiger partial charge is 0.274 e. The minimum atomic E-state index is -0.236. The molecule has 3 aromatic rings. The second-order valence-corrected chi connectivity index (χ2v) is 6.85. The van der Waals surface area contributed by atoms with E-state index in [2.05, 4.69) is 27.6 Å². The van der Waals surface area contributed by atoms with Crippen molar-refractivity contribution in [3.63, 3.8) is 0 Å². The van der Waals surface area contributed by atoms with Gasteiger partial charge in [0.25, 0.3) is 5.91 Å². The number of hydrogen-bond acceptors (Lipinski definition) is 4. The van der Waals surface area contributed by atoms with Crippen LogP contribution in [0.5, 0.6) is 0 Å². The minimum absolute atomic E-state index is 0.0973. The van der Waals surface area contributed by atoms with E-state index in [-0.39, 0.29) is 11.7 Å². The molecule has 4 rings (SSSR count). The first-order chi connectivity index (χ1) is 13.7. The van der Waals surface area contributed by atoms with Gasteiger partial charge >= 0.3 is 0 Å². The summed E-state index contributed by atoms with van der Waals surface area (Å²) in [6, 6.07) is 18.1. The van der Waals surface area contributed by atoms with E-state index in [0.717, 1.165) is 18.4 Å². The Morgan fingerprint density at radius 2 is 1.79 bits per heavy atom. The zero-order valence-electron chi connectivity index (χ0n) is 15.4. The number of nitrogens with zero attached hydrogens (tertiary/aromatic N) is 3. The highest BCUT2D eigenvalue weighted by molar-refractivity contribution is 5.92. The lowest BCUT2D eigenvalue weighted by Crippen LogP contribution is -2.36. The van der Waals surface area contributed by atoms with Crippen LogP contribution in [-0.4, -0.2) is 34.1 Å². The molecule has 0 fully saturated rings. The van der Waals surface area contributed by atoms with Crippen LogP contribution in [-0.2, 0) is 19.4 Å². The third-order valence-electron chi connectivity index (χ3n) is 4.93. The number of benzene rings is 2. The highest BCUT2D eigenvalue weighted by atomic mass is 19.1. The molecule has 6 heteroatoms. The molecule has 0 atom stereocenters. The van der Waals surface area contributed by atoms with Crippen molar-refractivity contribution in [3.05, 3.63) is 88.9 Å². The molecule has 5 nitrogen and oxygen atoms in total. The lowest BCUT2D eigenvalue weighted by Gasteiger charge is -2.28. The molecule has 0 aliphatic carbocycles. The first-order valence-corrected chi connectivity index (χ1v) is 9.37. The molecule has 0 spiro atoms. The summed E-state index contributed by atoms with van der Waals surface area (Å²) in [6.45, 7) is 1.94. The Balaban J connectivity index is 1.33. The van der Waals surface area contributed by atoms with Crippen molar-refractivity contribution in [1.82, 2.24) is 15.1 Å². The van der Waals surface area contributed by atoms with Crippen LogP contribution >= 0.6 is 0 Å². The fraction of sp³-hybridized carbons (Fsp3) is 0.227. The predicted molar refractivity (Wildman–Crippen MR) is 106 cm³/mol. The van der Waals surface area contributed by atoms with Crippen molar-refractivity contribution in [3.8, 4) is 0 Å². The van der Waals surface area contributed by atoms with Crippen molar-refractivity contribution >= 4 is 11.7 Å². The summed E-state index contributed by atoms with van der Waals surface area (Å²) in [7, 11) is 0. The summed E-state index contributed by atoms with van der Waals surface area (Å²) in [6.07, 6.45) is 1.61. The van der Waals surface area contributed by atoms with E-state index in [1.807, 2.05) is 17.0 Å². The summed E-state index contributed by atoms with van der Waals surface area (Å²) in [4.78, 5) is 14.5. The summed E-state index contributed by atoms with van der Waals surface area (Å²) in [5.74, 6) is 0.280. The Morgan fingerprint density at radius 3 is 2.54 bits per heavy atom. The molecule has 142 valence electrons. The number of halogens is 1. The molecule has 1 aliphatic heterocycles. The van der Waals surface area contributed by atoms with Gasteiger partial charge in [0.1, 0.15) is 11.6 Å². The molecule has 0 saturated heterocycles. The van der Waals surface area contributed by atoms with Gasteiger partial charge in [0.2, 0.25) is 0 Å². The van der Waals surface area contributed by atoms with Crippen LogP contribution in [0.1, 0.15) is 27.2 Å². The summed E-state index contributed by atoms with van der Waals surface area (Å²) < 4.78 is 12.9. The Kier molecular flexibility index (Phi) is 5.28. The van der Waals surface area contributed by atoms with Gasteiger partial charge in [-0.25, -0.2) is 4.39 Å². The number of rotatable bonds is 5. The lowest BCUT2D eigenvalue weighted by molar-refractivity contribution is 0.0727. The fourth-order valence-corrected chi connectivity index (χ4v) is 3.36. The summed E-state index contributed by atoms with van der Waals surface area (Å²) in [5.41, 5.74) is 3.88. The summed E-state index contributed by atoms with van der Waals surface area (Å²) >= 11 is 0. The molecule has 1 aromatic heterocycles. The van der Waals surface area contributed by atoms with Crippen molar-refractivity contribution in [2.75, 3.05) is 18.4 Å². The van der Waals surface area contributed by atoms with Crippen molar-refractivity contribution in [2.45, 2.75) is 19.4 Å². The van der Waals surface area contributed by atoms with Gasteiger partial charge < -0.3 is 10.2 Å². The molecule has 28 heavy (non-hydrogen) atoms. The largest absolute Gasteiger partial charge is 0.368 e. The van der Waals surface area contributed by atoms with Crippen molar-refractivity contribution in [1.29, 1.82) is 0 Å². The van der Waals surface area contributed by atoms with E-state index in [1.165, 1.54) is 23.3 Å². The molecule has 1 aliphatic rings. The summed E-state index contributed by atoms with van der Waals surface area (Å²) in [5, 5.41) is 11.4. The monoisotopic (exact) mass is 376 g/mol. The second-order valence-electron chi connectivity index (χ2n) is 6.85. The standard InChI is InChI=1S/C22H21FN4O/c23-19-7-5-16(6-8-19)11-13-24-21-10-9-20(25-26-21)22(28)27-14-12-17-3-1-2-4-18(17)15-27/h1-10H,11-15H2,(H,24,26). The normalized spacial score (nSPS) is 13.1. The quantitative estimate of drug-likeness (QED) is 0.741. The number of aromatic nitrogens is 2. The number of anilines is 1. The fourth-order valence-electron chi connectivity index (χ4n) is 3.36. The minimum Gasteiger partial charge on any atom is -0.368 e. The van der Waals surface area contributed by atoms with Crippen molar-refractivity contribution in [2.24, 2.45) is 0 Å². The van der Waals surface area contributed by atoms with Crippen LogP contribution in [0, 0.1) is 5.82 Å². The van der Waals surface area contributed by atoms with Gasteiger partial charge in [-0.1, -0.05) is 36.4 Å². The maximum Gasteiger partial charge on any atom is 0.274 e. The molecule has 0 unspecified atom stereocenters. The number of carbonyl (C=O) groups excluding carboxylic acids is 1. The Hall–Kier alpha value is -3.28. The molecule has 0 saturated carbocycles. The average molecular weight is 376 g/mol. The molecular weight excluding hydrogens is 355 g/mol. The van der Waals surface area contributed by atoms with E-state index in [0.29, 0.717) is 31.1 Å².